The van der Waals surface area contributed by atoms with E-state index in [2.05, 4.69) is 48.1 Å². The van der Waals surface area contributed by atoms with E-state index in [9.17, 15) is 0 Å². The molecule has 0 aromatic heterocycles. The molecule has 2 nitrogen and oxygen atoms in total. The standard InChI is InChI=1S/C16H26BrNO/c1-12(2)18-10-9-13(3)5-6-14-7-8-15(19-4)11-16(14)17/h7-8,11-13,18H,5-6,9-10H2,1-4H3. The molecule has 0 spiro atoms. The van der Waals surface area contributed by atoms with Crippen molar-refractivity contribution in [2.75, 3.05) is 13.7 Å². The fourth-order valence-electron chi connectivity index (χ4n) is 2.02. The van der Waals surface area contributed by atoms with Gasteiger partial charge >= 0.3 is 0 Å². The van der Waals surface area contributed by atoms with E-state index in [1.807, 2.05) is 12.1 Å². The zero-order chi connectivity index (χ0) is 14.3. The highest BCUT2D eigenvalue weighted by Gasteiger charge is 2.06. The van der Waals surface area contributed by atoms with E-state index in [0.29, 0.717) is 6.04 Å². The van der Waals surface area contributed by atoms with Crippen molar-refractivity contribution in [3.63, 3.8) is 0 Å². The molecule has 0 aliphatic rings. The molecule has 1 N–H and O–H groups in total. The molecule has 0 saturated carbocycles. The maximum absolute atomic E-state index is 5.21. The van der Waals surface area contributed by atoms with Gasteiger partial charge in [-0.25, -0.2) is 0 Å². The summed E-state index contributed by atoms with van der Waals surface area (Å²) in [5.41, 5.74) is 1.37. The molecule has 0 fully saturated rings. The van der Waals surface area contributed by atoms with E-state index in [4.69, 9.17) is 4.74 Å². The average molecular weight is 328 g/mol. The van der Waals surface area contributed by atoms with Gasteiger partial charge in [-0.2, -0.15) is 0 Å². The van der Waals surface area contributed by atoms with Crippen molar-refractivity contribution in [2.45, 2.75) is 46.1 Å². The van der Waals surface area contributed by atoms with E-state index in [1.165, 1.54) is 18.4 Å². The maximum Gasteiger partial charge on any atom is 0.120 e. The van der Waals surface area contributed by atoms with Gasteiger partial charge in [0.15, 0.2) is 0 Å². The molecule has 0 aliphatic heterocycles. The maximum atomic E-state index is 5.21. The SMILES string of the molecule is COc1ccc(CCC(C)CCNC(C)C)c(Br)c1. The molecule has 0 amide bonds. The van der Waals surface area contributed by atoms with E-state index in [-0.39, 0.29) is 0 Å². The molecule has 0 heterocycles. The first-order valence-electron chi connectivity index (χ1n) is 7.08. The van der Waals surface area contributed by atoms with Crippen LogP contribution in [0.1, 0.15) is 39.2 Å². The molecule has 108 valence electrons. The van der Waals surface area contributed by atoms with Crippen molar-refractivity contribution in [3.05, 3.63) is 28.2 Å². The van der Waals surface area contributed by atoms with Crippen LogP contribution in [-0.4, -0.2) is 19.7 Å². The molecule has 0 radical (unpaired) electrons. The Morgan fingerprint density at radius 1 is 1.21 bits per heavy atom. The summed E-state index contributed by atoms with van der Waals surface area (Å²) in [6, 6.07) is 6.82. The summed E-state index contributed by atoms with van der Waals surface area (Å²) < 4.78 is 6.37. The minimum atomic E-state index is 0.586. The van der Waals surface area contributed by atoms with Gasteiger partial charge in [0.25, 0.3) is 0 Å². The fraction of sp³-hybridized carbons (Fsp3) is 0.625. The van der Waals surface area contributed by atoms with Crippen molar-refractivity contribution >= 4 is 15.9 Å². The number of hydrogen-bond donors (Lipinski definition) is 1. The Morgan fingerprint density at radius 2 is 1.95 bits per heavy atom. The van der Waals surface area contributed by atoms with Gasteiger partial charge in [-0.1, -0.05) is 42.8 Å². The summed E-state index contributed by atoms with van der Waals surface area (Å²) in [4.78, 5) is 0. The highest BCUT2D eigenvalue weighted by Crippen LogP contribution is 2.25. The predicted molar refractivity (Wildman–Crippen MR) is 85.9 cm³/mol. The van der Waals surface area contributed by atoms with Crippen LogP contribution in [0, 0.1) is 5.92 Å². The number of aryl methyl sites for hydroxylation is 1. The van der Waals surface area contributed by atoms with Crippen LogP contribution in [0.15, 0.2) is 22.7 Å². The number of benzene rings is 1. The summed E-state index contributed by atoms with van der Waals surface area (Å²) in [6.07, 6.45) is 3.59. The Balaban J connectivity index is 2.35. The molecule has 0 saturated heterocycles. The molecule has 0 aliphatic carbocycles. The lowest BCUT2D eigenvalue weighted by Gasteiger charge is -2.14. The number of hydrogen-bond acceptors (Lipinski definition) is 2. The lowest BCUT2D eigenvalue weighted by atomic mass is 9.98. The first-order chi connectivity index (χ1) is 9.02. The number of rotatable bonds is 8. The van der Waals surface area contributed by atoms with Crippen LogP contribution in [0.4, 0.5) is 0 Å². The van der Waals surface area contributed by atoms with Gasteiger partial charge in [-0.05, 0) is 49.4 Å². The van der Waals surface area contributed by atoms with Gasteiger partial charge in [0, 0.05) is 10.5 Å². The lowest BCUT2D eigenvalue weighted by Crippen LogP contribution is -2.25. The molecular formula is C16H26BrNO. The molecule has 1 aromatic carbocycles. The Bertz CT molecular complexity index is 379. The smallest absolute Gasteiger partial charge is 0.120 e. The molecule has 1 rings (SSSR count). The monoisotopic (exact) mass is 327 g/mol. The van der Waals surface area contributed by atoms with Crippen LogP contribution < -0.4 is 10.1 Å². The van der Waals surface area contributed by atoms with Gasteiger partial charge < -0.3 is 10.1 Å². The summed E-state index contributed by atoms with van der Waals surface area (Å²) >= 11 is 3.62. The number of halogens is 1. The quantitative estimate of drug-likeness (QED) is 0.763. The van der Waals surface area contributed by atoms with Crippen molar-refractivity contribution in [1.82, 2.24) is 5.32 Å². The normalized spacial score (nSPS) is 12.7. The zero-order valence-corrected chi connectivity index (χ0v) is 14.1. The van der Waals surface area contributed by atoms with Crippen LogP contribution in [0.5, 0.6) is 5.75 Å². The molecule has 1 aromatic rings. The summed E-state index contributed by atoms with van der Waals surface area (Å²) in [5.74, 6) is 1.66. The first kappa shape index (κ1) is 16.5. The van der Waals surface area contributed by atoms with Gasteiger partial charge in [0.2, 0.25) is 0 Å². The summed E-state index contributed by atoms with van der Waals surface area (Å²) in [5, 5.41) is 3.48. The molecule has 0 bridgehead atoms. The van der Waals surface area contributed by atoms with Crippen molar-refractivity contribution in [3.8, 4) is 5.75 Å². The zero-order valence-electron chi connectivity index (χ0n) is 12.5. The van der Waals surface area contributed by atoms with Crippen LogP contribution in [0.2, 0.25) is 0 Å². The summed E-state index contributed by atoms with van der Waals surface area (Å²) in [6.45, 7) is 7.83. The van der Waals surface area contributed by atoms with Gasteiger partial charge in [-0.15, -0.1) is 0 Å². The largest absolute Gasteiger partial charge is 0.497 e. The topological polar surface area (TPSA) is 21.3 Å². The second kappa shape index (κ2) is 8.60. The highest BCUT2D eigenvalue weighted by atomic mass is 79.9. The van der Waals surface area contributed by atoms with E-state index in [1.54, 1.807) is 7.11 Å². The van der Waals surface area contributed by atoms with E-state index >= 15 is 0 Å². The molecule has 1 unspecified atom stereocenters. The van der Waals surface area contributed by atoms with E-state index in [0.717, 1.165) is 29.1 Å². The molecule has 19 heavy (non-hydrogen) atoms. The summed E-state index contributed by atoms with van der Waals surface area (Å²) in [7, 11) is 1.70. The van der Waals surface area contributed by atoms with E-state index < -0.39 is 0 Å². The minimum Gasteiger partial charge on any atom is -0.497 e. The Labute approximate surface area is 126 Å². The van der Waals surface area contributed by atoms with Crippen molar-refractivity contribution in [2.24, 2.45) is 5.92 Å². The Kier molecular flexibility index (Phi) is 7.47. The van der Waals surface area contributed by atoms with Crippen LogP contribution in [0.3, 0.4) is 0 Å². The van der Waals surface area contributed by atoms with Gasteiger partial charge in [-0.3, -0.25) is 0 Å². The Hall–Kier alpha value is -0.540. The minimum absolute atomic E-state index is 0.586. The van der Waals surface area contributed by atoms with Crippen LogP contribution in [0.25, 0.3) is 0 Å². The van der Waals surface area contributed by atoms with Crippen LogP contribution >= 0.6 is 15.9 Å². The third-order valence-electron chi connectivity index (χ3n) is 3.36. The predicted octanol–water partition coefficient (Wildman–Crippen LogP) is 4.41. The number of methoxy groups -OCH3 is 1. The average Bonchev–Trinajstić information content (AvgIpc) is 2.36. The third kappa shape index (κ3) is 6.44. The van der Waals surface area contributed by atoms with Crippen molar-refractivity contribution in [1.29, 1.82) is 0 Å². The molecule has 1 atom stereocenters. The van der Waals surface area contributed by atoms with Crippen LogP contribution in [-0.2, 0) is 6.42 Å². The highest BCUT2D eigenvalue weighted by molar-refractivity contribution is 9.10. The first-order valence-corrected chi connectivity index (χ1v) is 7.88. The second-order valence-electron chi connectivity index (χ2n) is 5.50. The Morgan fingerprint density at radius 3 is 2.53 bits per heavy atom. The number of ether oxygens (including phenoxy) is 1. The van der Waals surface area contributed by atoms with Gasteiger partial charge in [0.1, 0.15) is 5.75 Å². The third-order valence-corrected chi connectivity index (χ3v) is 4.09. The van der Waals surface area contributed by atoms with Crippen molar-refractivity contribution < 1.29 is 4.74 Å². The van der Waals surface area contributed by atoms with Gasteiger partial charge in [0.05, 0.1) is 7.11 Å². The fourth-order valence-corrected chi connectivity index (χ4v) is 2.58. The number of nitrogens with one attached hydrogen (secondary N) is 1. The molecular weight excluding hydrogens is 302 g/mol. The lowest BCUT2D eigenvalue weighted by molar-refractivity contribution is 0.414. The second-order valence-corrected chi connectivity index (χ2v) is 6.35. The molecule has 3 heteroatoms.